The number of rotatable bonds is 3. The Morgan fingerprint density at radius 3 is 2.70 bits per heavy atom. The molecule has 1 aromatic carbocycles. The molecule has 0 spiro atoms. The Bertz CT molecular complexity index is 1100. The first-order chi connectivity index (χ1) is 12.7. The van der Waals surface area contributed by atoms with Crippen LogP contribution in [0.25, 0.3) is 10.2 Å². The Morgan fingerprint density at radius 2 is 2.04 bits per heavy atom. The number of fused-ring (bicyclic) bond motifs is 1. The minimum Gasteiger partial charge on any atom is -0.305 e. The van der Waals surface area contributed by atoms with E-state index in [4.69, 9.17) is 6.42 Å². The summed E-state index contributed by atoms with van der Waals surface area (Å²) in [7, 11) is -3.45. The average Bonchev–Trinajstić information content (AvgIpc) is 2.91. The molecule has 6 nitrogen and oxygen atoms in total. The number of sulfonamides is 1. The number of terminal acetylenes is 1. The fourth-order valence-electron chi connectivity index (χ4n) is 3.37. The van der Waals surface area contributed by atoms with E-state index >= 15 is 0 Å². The molecule has 0 bridgehead atoms. The molecule has 1 unspecified atom stereocenters. The molecule has 2 heterocycles. The lowest BCUT2D eigenvalue weighted by Gasteiger charge is -2.31. The van der Waals surface area contributed by atoms with Crippen molar-refractivity contribution >= 4 is 37.5 Å². The predicted molar refractivity (Wildman–Crippen MR) is 108 cm³/mol. The van der Waals surface area contributed by atoms with Crippen LogP contribution in [0.15, 0.2) is 17.1 Å². The fourth-order valence-corrected chi connectivity index (χ4v) is 5.60. The van der Waals surface area contributed by atoms with Crippen LogP contribution in [0.5, 0.6) is 0 Å². The SMILES string of the molecule is C#CCn1c(=NC(=O)C2CCCCN2S(C)(=O)=O)sc2cc(C)c(C)cc21. The van der Waals surface area contributed by atoms with Crippen molar-refractivity contribution in [3.05, 3.63) is 28.1 Å². The number of aryl methyl sites for hydroxylation is 2. The summed E-state index contributed by atoms with van der Waals surface area (Å²) in [5.41, 5.74) is 3.24. The number of nitrogens with zero attached hydrogens (tertiary/aromatic N) is 3. The van der Waals surface area contributed by atoms with Gasteiger partial charge < -0.3 is 4.57 Å². The van der Waals surface area contributed by atoms with Crippen LogP contribution in [0.3, 0.4) is 0 Å². The van der Waals surface area contributed by atoms with Crippen molar-refractivity contribution in [2.45, 2.75) is 45.7 Å². The van der Waals surface area contributed by atoms with Crippen molar-refractivity contribution in [1.29, 1.82) is 0 Å². The summed E-state index contributed by atoms with van der Waals surface area (Å²) in [6.45, 7) is 4.73. The van der Waals surface area contributed by atoms with Gasteiger partial charge in [0, 0.05) is 6.54 Å². The van der Waals surface area contributed by atoms with Crippen LogP contribution in [0.1, 0.15) is 30.4 Å². The molecule has 1 aromatic heterocycles. The first-order valence-electron chi connectivity index (χ1n) is 8.82. The third kappa shape index (κ3) is 4.00. The second-order valence-electron chi connectivity index (χ2n) is 6.91. The summed E-state index contributed by atoms with van der Waals surface area (Å²) in [6, 6.07) is 3.38. The predicted octanol–water partition coefficient (Wildman–Crippen LogP) is 2.19. The number of piperidine rings is 1. The van der Waals surface area contributed by atoms with Gasteiger partial charge >= 0.3 is 0 Å². The van der Waals surface area contributed by atoms with Gasteiger partial charge in [0.05, 0.1) is 23.0 Å². The summed E-state index contributed by atoms with van der Waals surface area (Å²) in [5.74, 6) is 2.19. The molecular weight excluding hydrogens is 382 g/mol. The number of carbonyl (C=O) groups excluding carboxylic acids is 1. The Kier molecular flexibility index (Phi) is 5.56. The van der Waals surface area contributed by atoms with Gasteiger partial charge in [-0.2, -0.15) is 9.30 Å². The van der Waals surface area contributed by atoms with Crippen LogP contribution in [-0.4, -0.2) is 42.0 Å². The third-order valence-corrected chi connectivity index (χ3v) is 7.25. The van der Waals surface area contributed by atoms with Crippen LogP contribution in [-0.2, 0) is 21.4 Å². The molecule has 0 N–H and O–H groups in total. The molecule has 0 radical (unpaired) electrons. The van der Waals surface area contributed by atoms with E-state index in [-0.39, 0.29) is 0 Å². The smallest absolute Gasteiger partial charge is 0.266 e. The Hall–Kier alpha value is -1.95. The minimum absolute atomic E-state index is 0.301. The van der Waals surface area contributed by atoms with Crippen molar-refractivity contribution in [3.8, 4) is 12.3 Å². The number of amides is 1. The molecule has 3 rings (SSSR count). The van der Waals surface area contributed by atoms with E-state index < -0.39 is 22.0 Å². The molecule has 0 saturated carbocycles. The normalized spacial score (nSPS) is 19.3. The Morgan fingerprint density at radius 1 is 1.33 bits per heavy atom. The highest BCUT2D eigenvalue weighted by atomic mass is 32.2. The molecule has 2 aromatic rings. The lowest BCUT2D eigenvalue weighted by atomic mass is 10.0. The zero-order chi connectivity index (χ0) is 19.8. The van der Waals surface area contributed by atoms with Crippen LogP contribution >= 0.6 is 11.3 Å². The maximum absolute atomic E-state index is 12.9. The highest BCUT2D eigenvalue weighted by Gasteiger charge is 2.34. The molecule has 1 aliphatic heterocycles. The highest BCUT2D eigenvalue weighted by molar-refractivity contribution is 7.88. The molecule has 0 aliphatic carbocycles. The van der Waals surface area contributed by atoms with Crippen LogP contribution in [0.2, 0.25) is 0 Å². The van der Waals surface area contributed by atoms with Crippen molar-refractivity contribution in [2.75, 3.05) is 12.8 Å². The monoisotopic (exact) mass is 405 g/mol. The molecular formula is C19H23N3O3S2. The van der Waals surface area contributed by atoms with Gasteiger partial charge in [-0.3, -0.25) is 4.79 Å². The number of carbonyl (C=O) groups is 1. The van der Waals surface area contributed by atoms with E-state index in [0.29, 0.717) is 24.3 Å². The minimum atomic E-state index is -3.45. The summed E-state index contributed by atoms with van der Waals surface area (Å²) in [4.78, 5) is 17.7. The van der Waals surface area contributed by atoms with Gasteiger partial charge in [-0.05, 0) is 49.9 Å². The number of hydrogen-bond donors (Lipinski definition) is 0. The van der Waals surface area contributed by atoms with Crippen LogP contribution < -0.4 is 4.80 Å². The maximum Gasteiger partial charge on any atom is 0.266 e. The van der Waals surface area contributed by atoms with Crippen molar-refractivity contribution in [1.82, 2.24) is 8.87 Å². The van der Waals surface area contributed by atoms with E-state index in [1.165, 1.54) is 15.6 Å². The highest BCUT2D eigenvalue weighted by Crippen LogP contribution is 2.23. The van der Waals surface area contributed by atoms with E-state index in [0.717, 1.165) is 40.4 Å². The molecule has 144 valence electrons. The molecule has 1 amide bonds. The van der Waals surface area contributed by atoms with E-state index in [2.05, 4.69) is 17.0 Å². The number of aromatic nitrogens is 1. The molecule has 27 heavy (non-hydrogen) atoms. The second kappa shape index (κ2) is 7.58. The quantitative estimate of drug-likeness (QED) is 0.735. The van der Waals surface area contributed by atoms with E-state index in [1.807, 2.05) is 24.5 Å². The fraction of sp³-hybridized carbons (Fsp3) is 0.474. The van der Waals surface area contributed by atoms with Gasteiger partial charge in [0.1, 0.15) is 6.04 Å². The summed E-state index contributed by atoms with van der Waals surface area (Å²) in [6.07, 6.45) is 8.73. The summed E-state index contributed by atoms with van der Waals surface area (Å²) < 4.78 is 28.2. The zero-order valence-electron chi connectivity index (χ0n) is 15.7. The third-order valence-electron chi connectivity index (χ3n) is 4.92. The first kappa shape index (κ1) is 19.8. The second-order valence-corrected chi connectivity index (χ2v) is 9.86. The summed E-state index contributed by atoms with van der Waals surface area (Å²) >= 11 is 1.40. The van der Waals surface area contributed by atoms with Crippen molar-refractivity contribution < 1.29 is 13.2 Å². The maximum atomic E-state index is 12.9. The molecule has 1 fully saturated rings. The number of hydrogen-bond acceptors (Lipinski definition) is 4. The van der Waals surface area contributed by atoms with E-state index in [1.54, 1.807) is 0 Å². The summed E-state index contributed by atoms with van der Waals surface area (Å²) in [5, 5.41) is 0. The van der Waals surface area contributed by atoms with Gasteiger partial charge in [-0.25, -0.2) is 8.42 Å². The molecule has 1 aliphatic rings. The first-order valence-corrected chi connectivity index (χ1v) is 11.5. The van der Waals surface area contributed by atoms with E-state index in [9.17, 15) is 13.2 Å². The van der Waals surface area contributed by atoms with Crippen LogP contribution in [0.4, 0.5) is 0 Å². The van der Waals surface area contributed by atoms with Gasteiger partial charge in [0.15, 0.2) is 4.80 Å². The van der Waals surface area contributed by atoms with Crippen molar-refractivity contribution in [2.24, 2.45) is 4.99 Å². The van der Waals surface area contributed by atoms with Gasteiger partial charge in [0.25, 0.3) is 5.91 Å². The number of thiazole rings is 1. The Balaban J connectivity index is 2.10. The zero-order valence-corrected chi connectivity index (χ0v) is 17.4. The molecule has 8 heteroatoms. The number of benzene rings is 1. The topological polar surface area (TPSA) is 71.7 Å². The molecule has 1 atom stereocenters. The lowest BCUT2D eigenvalue weighted by Crippen LogP contribution is -2.47. The lowest BCUT2D eigenvalue weighted by molar-refractivity contribution is -0.122. The van der Waals surface area contributed by atoms with Gasteiger partial charge in [-0.1, -0.05) is 23.7 Å². The average molecular weight is 406 g/mol. The van der Waals surface area contributed by atoms with Gasteiger partial charge in [0.2, 0.25) is 10.0 Å². The standard InChI is InChI=1S/C19H23N3O3S2/c1-5-9-21-16-11-13(2)14(3)12-17(16)26-19(21)20-18(23)15-8-6-7-10-22(15)27(4,24)25/h1,11-12,15H,6-10H2,2-4H3. The Labute approximate surface area is 163 Å². The largest absolute Gasteiger partial charge is 0.305 e. The van der Waals surface area contributed by atoms with Gasteiger partial charge in [-0.15, -0.1) is 6.42 Å². The van der Waals surface area contributed by atoms with Crippen LogP contribution in [0, 0.1) is 26.2 Å². The van der Waals surface area contributed by atoms with Crippen molar-refractivity contribution in [3.63, 3.8) is 0 Å². The molecule has 1 saturated heterocycles.